The molecule has 0 amide bonds. The molecule has 0 unspecified atom stereocenters. The maximum absolute atomic E-state index is 10.5. The van der Waals surface area contributed by atoms with Crippen LogP contribution in [0.3, 0.4) is 0 Å². The zero-order valence-electron chi connectivity index (χ0n) is 10.2. The van der Waals surface area contributed by atoms with Crippen LogP contribution in [0.5, 0.6) is 0 Å². The third-order valence-electron chi connectivity index (χ3n) is 4.26. The van der Waals surface area contributed by atoms with E-state index in [1.807, 2.05) is 0 Å². The number of hydrogen-bond donors (Lipinski definition) is 2. The van der Waals surface area contributed by atoms with Gasteiger partial charge in [-0.3, -0.25) is 4.90 Å². The Labute approximate surface area is 98.5 Å². The van der Waals surface area contributed by atoms with E-state index in [4.69, 9.17) is 5.11 Å². The first-order valence-electron chi connectivity index (χ1n) is 6.81. The van der Waals surface area contributed by atoms with Gasteiger partial charge in [0.15, 0.2) is 0 Å². The molecule has 94 valence electrons. The predicted molar refractivity (Wildman–Crippen MR) is 64.3 cm³/mol. The molecule has 0 aromatic heterocycles. The molecule has 3 nitrogen and oxygen atoms in total. The first-order valence-corrected chi connectivity index (χ1v) is 6.81. The smallest absolute Gasteiger partial charge is 0.0774 e. The molecule has 0 aromatic rings. The second-order valence-electron chi connectivity index (χ2n) is 5.56. The fraction of sp³-hybridized carbons (Fsp3) is 1.00. The fourth-order valence-corrected chi connectivity index (χ4v) is 3.02. The van der Waals surface area contributed by atoms with E-state index in [-0.39, 0.29) is 6.61 Å². The quantitative estimate of drug-likeness (QED) is 0.748. The van der Waals surface area contributed by atoms with E-state index in [0.717, 1.165) is 38.8 Å². The molecule has 2 rings (SSSR count). The van der Waals surface area contributed by atoms with E-state index < -0.39 is 5.60 Å². The third-order valence-corrected chi connectivity index (χ3v) is 4.26. The van der Waals surface area contributed by atoms with Crippen molar-refractivity contribution >= 4 is 0 Å². The van der Waals surface area contributed by atoms with E-state index in [1.54, 1.807) is 0 Å². The number of hydrogen-bond acceptors (Lipinski definition) is 3. The van der Waals surface area contributed by atoms with Crippen molar-refractivity contribution in [1.29, 1.82) is 0 Å². The summed E-state index contributed by atoms with van der Waals surface area (Å²) in [5.74, 6) is 0. The predicted octanol–water partition coefficient (Wildman–Crippen LogP) is 1.53. The van der Waals surface area contributed by atoms with Crippen molar-refractivity contribution in [3.8, 4) is 0 Å². The van der Waals surface area contributed by atoms with Gasteiger partial charge in [0, 0.05) is 19.1 Å². The Morgan fingerprint density at radius 2 is 1.75 bits per heavy atom. The normalized spacial score (nSPS) is 25.7. The van der Waals surface area contributed by atoms with Gasteiger partial charge in [0.2, 0.25) is 0 Å². The number of aliphatic hydroxyl groups excluding tert-OH is 1. The molecule has 3 heteroatoms. The summed E-state index contributed by atoms with van der Waals surface area (Å²) < 4.78 is 0. The summed E-state index contributed by atoms with van der Waals surface area (Å²) in [5.41, 5.74) is -0.469. The van der Waals surface area contributed by atoms with Crippen molar-refractivity contribution in [2.24, 2.45) is 0 Å². The van der Waals surface area contributed by atoms with Gasteiger partial charge in [-0.2, -0.15) is 0 Å². The van der Waals surface area contributed by atoms with Gasteiger partial charge in [-0.15, -0.1) is 0 Å². The molecule has 0 radical (unpaired) electrons. The van der Waals surface area contributed by atoms with Crippen LogP contribution < -0.4 is 0 Å². The van der Waals surface area contributed by atoms with Gasteiger partial charge in [-0.1, -0.05) is 25.7 Å². The second-order valence-corrected chi connectivity index (χ2v) is 5.56. The maximum atomic E-state index is 10.5. The SMILES string of the molecule is OCCN(CC1(O)CCCCC1)C1CCC1. The van der Waals surface area contributed by atoms with E-state index in [0.29, 0.717) is 6.04 Å². The fourth-order valence-electron chi connectivity index (χ4n) is 3.02. The molecule has 16 heavy (non-hydrogen) atoms. The number of rotatable bonds is 5. The molecule has 0 heterocycles. The largest absolute Gasteiger partial charge is 0.395 e. The Morgan fingerprint density at radius 1 is 1.06 bits per heavy atom. The van der Waals surface area contributed by atoms with Crippen molar-refractivity contribution in [3.05, 3.63) is 0 Å². The molecule has 0 aromatic carbocycles. The lowest BCUT2D eigenvalue weighted by molar-refractivity contribution is -0.0478. The first kappa shape index (κ1) is 12.3. The van der Waals surface area contributed by atoms with Crippen LogP contribution in [-0.4, -0.2) is 46.5 Å². The summed E-state index contributed by atoms with van der Waals surface area (Å²) in [5, 5.41) is 19.6. The minimum absolute atomic E-state index is 0.215. The Hall–Kier alpha value is -0.120. The summed E-state index contributed by atoms with van der Waals surface area (Å²) in [4.78, 5) is 2.31. The van der Waals surface area contributed by atoms with Crippen LogP contribution in [0.15, 0.2) is 0 Å². The zero-order chi connectivity index (χ0) is 11.4. The highest BCUT2D eigenvalue weighted by molar-refractivity contribution is 4.89. The lowest BCUT2D eigenvalue weighted by Gasteiger charge is -2.43. The molecule has 0 saturated heterocycles. The Bertz CT molecular complexity index is 210. The molecule has 0 atom stereocenters. The molecule has 2 saturated carbocycles. The lowest BCUT2D eigenvalue weighted by Crippen LogP contribution is -2.51. The van der Waals surface area contributed by atoms with Crippen LogP contribution in [0.1, 0.15) is 51.4 Å². The van der Waals surface area contributed by atoms with Crippen LogP contribution in [0, 0.1) is 0 Å². The van der Waals surface area contributed by atoms with Crippen LogP contribution in [0.4, 0.5) is 0 Å². The van der Waals surface area contributed by atoms with E-state index >= 15 is 0 Å². The zero-order valence-corrected chi connectivity index (χ0v) is 10.2. The van der Waals surface area contributed by atoms with E-state index in [9.17, 15) is 5.11 Å². The topological polar surface area (TPSA) is 43.7 Å². The van der Waals surface area contributed by atoms with Crippen LogP contribution in [0.2, 0.25) is 0 Å². The molecule has 2 fully saturated rings. The Morgan fingerprint density at radius 3 is 2.25 bits per heavy atom. The van der Waals surface area contributed by atoms with Crippen molar-refractivity contribution in [2.75, 3.05) is 19.7 Å². The van der Waals surface area contributed by atoms with Gasteiger partial charge < -0.3 is 10.2 Å². The number of aliphatic hydroxyl groups is 2. The summed E-state index contributed by atoms with van der Waals surface area (Å²) in [7, 11) is 0. The van der Waals surface area contributed by atoms with Crippen molar-refractivity contribution in [1.82, 2.24) is 4.90 Å². The first-order chi connectivity index (χ1) is 7.73. The van der Waals surface area contributed by atoms with Crippen LogP contribution >= 0.6 is 0 Å². The van der Waals surface area contributed by atoms with Gasteiger partial charge >= 0.3 is 0 Å². The molecule has 0 bridgehead atoms. The monoisotopic (exact) mass is 227 g/mol. The summed E-state index contributed by atoms with van der Waals surface area (Å²) in [6.45, 7) is 1.72. The van der Waals surface area contributed by atoms with Gasteiger partial charge in [-0.25, -0.2) is 0 Å². The Kier molecular flexibility index (Phi) is 4.22. The van der Waals surface area contributed by atoms with Crippen molar-refractivity contribution in [3.63, 3.8) is 0 Å². The average Bonchev–Trinajstić information content (AvgIpc) is 2.15. The second kappa shape index (κ2) is 5.48. The molecule has 0 spiro atoms. The van der Waals surface area contributed by atoms with Crippen molar-refractivity contribution < 1.29 is 10.2 Å². The highest BCUT2D eigenvalue weighted by Crippen LogP contribution is 2.32. The minimum Gasteiger partial charge on any atom is -0.395 e. The van der Waals surface area contributed by atoms with Gasteiger partial charge in [-0.05, 0) is 25.7 Å². The summed E-state index contributed by atoms with van der Waals surface area (Å²) in [6.07, 6.45) is 9.29. The molecule has 2 aliphatic carbocycles. The molecule has 2 N–H and O–H groups in total. The molecule has 0 aliphatic heterocycles. The average molecular weight is 227 g/mol. The van der Waals surface area contributed by atoms with E-state index in [1.165, 1.54) is 25.7 Å². The molecule has 2 aliphatic rings. The van der Waals surface area contributed by atoms with Gasteiger partial charge in [0.1, 0.15) is 0 Å². The maximum Gasteiger partial charge on any atom is 0.0774 e. The number of nitrogens with zero attached hydrogens (tertiary/aromatic N) is 1. The third kappa shape index (κ3) is 2.96. The van der Waals surface area contributed by atoms with Crippen molar-refractivity contribution in [2.45, 2.75) is 63.0 Å². The van der Waals surface area contributed by atoms with Gasteiger partial charge in [0.05, 0.1) is 12.2 Å². The van der Waals surface area contributed by atoms with E-state index in [2.05, 4.69) is 4.90 Å². The lowest BCUT2D eigenvalue weighted by atomic mass is 9.83. The van der Waals surface area contributed by atoms with Crippen LogP contribution in [0.25, 0.3) is 0 Å². The minimum atomic E-state index is -0.469. The highest BCUT2D eigenvalue weighted by Gasteiger charge is 2.34. The highest BCUT2D eigenvalue weighted by atomic mass is 16.3. The Balaban J connectivity index is 1.87. The van der Waals surface area contributed by atoms with Gasteiger partial charge in [0.25, 0.3) is 0 Å². The standard InChI is InChI=1S/C13H25NO2/c15-10-9-14(12-5-4-6-12)11-13(16)7-2-1-3-8-13/h12,15-16H,1-11H2. The summed E-state index contributed by atoms with van der Waals surface area (Å²) in [6, 6.07) is 0.623. The van der Waals surface area contributed by atoms with Crippen LogP contribution in [-0.2, 0) is 0 Å². The molecular weight excluding hydrogens is 202 g/mol. The summed E-state index contributed by atoms with van der Waals surface area (Å²) >= 11 is 0. The molecular formula is C13H25NO2.